The van der Waals surface area contributed by atoms with Crippen LogP contribution >= 0.6 is 11.8 Å². The van der Waals surface area contributed by atoms with Gasteiger partial charge in [0, 0.05) is 23.9 Å². The van der Waals surface area contributed by atoms with E-state index in [0.717, 1.165) is 11.4 Å². The van der Waals surface area contributed by atoms with E-state index in [1.165, 1.54) is 17.3 Å². The molecule has 1 aromatic carbocycles. The van der Waals surface area contributed by atoms with Gasteiger partial charge in [-0.3, -0.25) is 0 Å². The molecule has 0 aliphatic carbocycles. The molecule has 0 spiro atoms. The van der Waals surface area contributed by atoms with Gasteiger partial charge in [0.2, 0.25) is 5.89 Å². The number of nitrogens with one attached hydrogen (secondary N) is 1. The van der Waals surface area contributed by atoms with E-state index < -0.39 is 0 Å². The lowest BCUT2D eigenvalue weighted by molar-refractivity contribution is 0.424. The fourth-order valence-corrected chi connectivity index (χ4v) is 2.18. The Morgan fingerprint density at radius 3 is 2.37 bits per heavy atom. The second kappa shape index (κ2) is 5.75. The molecule has 0 saturated carbocycles. The van der Waals surface area contributed by atoms with Gasteiger partial charge in [0.1, 0.15) is 0 Å². The van der Waals surface area contributed by atoms with Gasteiger partial charge >= 0.3 is 0 Å². The third-order valence-corrected chi connectivity index (χ3v) is 3.31. The van der Waals surface area contributed by atoms with E-state index in [9.17, 15) is 0 Å². The molecule has 4 nitrogen and oxygen atoms in total. The fraction of sp³-hybridized carbons (Fsp3) is 0.429. The SMILES string of the molecule is Cc1nnc(Sc2ccc(CNC(C)(C)C)cc2)o1. The van der Waals surface area contributed by atoms with Crippen LogP contribution in [-0.2, 0) is 6.54 Å². The molecule has 0 aliphatic rings. The van der Waals surface area contributed by atoms with E-state index >= 15 is 0 Å². The van der Waals surface area contributed by atoms with Gasteiger partial charge in [0.25, 0.3) is 5.22 Å². The molecule has 102 valence electrons. The Kier molecular flexibility index (Phi) is 4.27. The molecule has 1 heterocycles. The van der Waals surface area contributed by atoms with Crippen molar-refractivity contribution in [1.29, 1.82) is 0 Å². The van der Waals surface area contributed by atoms with Crippen molar-refractivity contribution < 1.29 is 4.42 Å². The van der Waals surface area contributed by atoms with Crippen LogP contribution in [0, 0.1) is 6.92 Å². The van der Waals surface area contributed by atoms with E-state index in [1.807, 2.05) is 0 Å². The van der Waals surface area contributed by atoms with E-state index in [2.05, 4.69) is 60.6 Å². The van der Waals surface area contributed by atoms with Crippen molar-refractivity contribution in [1.82, 2.24) is 15.5 Å². The second-order valence-electron chi connectivity index (χ2n) is 5.44. The maximum absolute atomic E-state index is 5.34. The van der Waals surface area contributed by atoms with Crippen molar-refractivity contribution in [3.05, 3.63) is 35.7 Å². The standard InChI is InChI=1S/C14H19N3OS/c1-10-16-17-13(18-10)19-12-7-5-11(6-8-12)9-15-14(2,3)4/h5-8,15H,9H2,1-4H3. The molecule has 0 fully saturated rings. The number of benzene rings is 1. The molecule has 1 aromatic heterocycles. The number of aryl methyl sites for hydroxylation is 1. The highest BCUT2D eigenvalue weighted by atomic mass is 32.2. The summed E-state index contributed by atoms with van der Waals surface area (Å²) < 4.78 is 5.34. The maximum Gasteiger partial charge on any atom is 0.281 e. The first-order valence-electron chi connectivity index (χ1n) is 6.24. The van der Waals surface area contributed by atoms with E-state index in [4.69, 9.17) is 4.42 Å². The van der Waals surface area contributed by atoms with Gasteiger partial charge < -0.3 is 9.73 Å². The zero-order chi connectivity index (χ0) is 13.9. The quantitative estimate of drug-likeness (QED) is 0.928. The second-order valence-corrected chi connectivity index (χ2v) is 6.46. The molecule has 0 bridgehead atoms. The van der Waals surface area contributed by atoms with Crippen LogP contribution in [0.15, 0.2) is 38.8 Å². The minimum Gasteiger partial charge on any atom is -0.416 e. The lowest BCUT2D eigenvalue weighted by atomic mass is 10.1. The van der Waals surface area contributed by atoms with Gasteiger partial charge in [-0.15, -0.1) is 10.2 Å². The Morgan fingerprint density at radius 2 is 1.84 bits per heavy atom. The van der Waals surface area contributed by atoms with E-state index in [1.54, 1.807) is 6.92 Å². The highest BCUT2D eigenvalue weighted by molar-refractivity contribution is 7.99. The lowest BCUT2D eigenvalue weighted by Gasteiger charge is -2.20. The summed E-state index contributed by atoms with van der Waals surface area (Å²) in [5, 5.41) is 11.8. The molecule has 2 rings (SSSR count). The van der Waals surface area contributed by atoms with Crippen LogP contribution in [-0.4, -0.2) is 15.7 Å². The summed E-state index contributed by atoms with van der Waals surface area (Å²) >= 11 is 1.48. The summed E-state index contributed by atoms with van der Waals surface area (Å²) in [6, 6.07) is 8.38. The number of hydrogen-bond acceptors (Lipinski definition) is 5. The lowest BCUT2D eigenvalue weighted by Crippen LogP contribution is -2.35. The third-order valence-electron chi connectivity index (χ3n) is 2.46. The summed E-state index contributed by atoms with van der Waals surface area (Å²) in [5.41, 5.74) is 1.40. The van der Waals surface area contributed by atoms with Crippen molar-refractivity contribution in [2.24, 2.45) is 0 Å². The Hall–Kier alpha value is -1.33. The van der Waals surface area contributed by atoms with E-state index in [0.29, 0.717) is 11.1 Å². The Balaban J connectivity index is 1.95. The molecule has 5 heteroatoms. The fourth-order valence-electron chi connectivity index (χ4n) is 1.46. The van der Waals surface area contributed by atoms with Crippen molar-refractivity contribution in [2.45, 2.75) is 49.9 Å². The highest BCUT2D eigenvalue weighted by Gasteiger charge is 2.09. The number of aromatic nitrogens is 2. The molecule has 0 amide bonds. The summed E-state index contributed by atoms with van der Waals surface area (Å²) in [7, 11) is 0. The Bertz CT molecular complexity index is 528. The van der Waals surface area contributed by atoms with Crippen LogP contribution in [0.3, 0.4) is 0 Å². The van der Waals surface area contributed by atoms with Gasteiger partial charge in [0.05, 0.1) is 0 Å². The minimum absolute atomic E-state index is 0.134. The monoisotopic (exact) mass is 277 g/mol. The van der Waals surface area contributed by atoms with Crippen LogP contribution < -0.4 is 5.32 Å². The minimum atomic E-state index is 0.134. The van der Waals surface area contributed by atoms with E-state index in [-0.39, 0.29) is 5.54 Å². The summed E-state index contributed by atoms with van der Waals surface area (Å²) in [6.45, 7) is 9.14. The molecule has 0 atom stereocenters. The molecule has 0 aliphatic heterocycles. The number of rotatable bonds is 4. The highest BCUT2D eigenvalue weighted by Crippen LogP contribution is 2.26. The topological polar surface area (TPSA) is 51.0 Å². The zero-order valence-electron chi connectivity index (χ0n) is 11.7. The predicted octanol–water partition coefficient (Wildman–Crippen LogP) is 3.42. The van der Waals surface area contributed by atoms with Crippen LogP contribution in [0.4, 0.5) is 0 Å². The van der Waals surface area contributed by atoms with Crippen LogP contribution in [0.5, 0.6) is 0 Å². The molecular weight excluding hydrogens is 258 g/mol. The van der Waals surface area contributed by atoms with Gasteiger partial charge in [-0.1, -0.05) is 12.1 Å². The normalized spacial score (nSPS) is 11.8. The Labute approximate surface area is 118 Å². The first-order valence-corrected chi connectivity index (χ1v) is 7.06. The first kappa shape index (κ1) is 14.1. The summed E-state index contributed by atoms with van der Waals surface area (Å²) in [4.78, 5) is 1.10. The average Bonchev–Trinajstić information content (AvgIpc) is 2.73. The van der Waals surface area contributed by atoms with Crippen molar-refractivity contribution >= 4 is 11.8 Å². The largest absolute Gasteiger partial charge is 0.416 e. The molecule has 0 unspecified atom stereocenters. The zero-order valence-corrected chi connectivity index (χ0v) is 12.5. The van der Waals surface area contributed by atoms with Crippen LogP contribution in [0.25, 0.3) is 0 Å². The molecular formula is C14H19N3OS. The van der Waals surface area contributed by atoms with Gasteiger partial charge in [-0.25, -0.2) is 0 Å². The maximum atomic E-state index is 5.34. The summed E-state index contributed by atoms with van der Waals surface area (Å²) in [6.07, 6.45) is 0. The third kappa shape index (κ3) is 4.69. The summed E-state index contributed by atoms with van der Waals surface area (Å²) in [5.74, 6) is 0.591. The van der Waals surface area contributed by atoms with Crippen LogP contribution in [0.2, 0.25) is 0 Å². The molecule has 19 heavy (non-hydrogen) atoms. The van der Waals surface area contributed by atoms with Crippen LogP contribution in [0.1, 0.15) is 32.2 Å². The first-order chi connectivity index (χ1) is 8.92. The molecule has 1 N–H and O–H groups in total. The number of nitrogens with zero attached hydrogens (tertiary/aromatic N) is 2. The number of hydrogen-bond donors (Lipinski definition) is 1. The van der Waals surface area contributed by atoms with Gasteiger partial charge in [-0.2, -0.15) is 0 Å². The molecule has 0 radical (unpaired) electrons. The molecule has 2 aromatic rings. The van der Waals surface area contributed by atoms with Crippen molar-refractivity contribution in [2.75, 3.05) is 0 Å². The van der Waals surface area contributed by atoms with Crippen molar-refractivity contribution in [3.63, 3.8) is 0 Å². The van der Waals surface area contributed by atoms with Gasteiger partial charge in [-0.05, 0) is 50.2 Å². The van der Waals surface area contributed by atoms with Gasteiger partial charge in [0.15, 0.2) is 0 Å². The van der Waals surface area contributed by atoms with Crippen molar-refractivity contribution in [3.8, 4) is 0 Å². The average molecular weight is 277 g/mol. The Morgan fingerprint density at radius 1 is 1.16 bits per heavy atom. The predicted molar refractivity (Wildman–Crippen MR) is 76.2 cm³/mol. The molecule has 0 saturated heterocycles. The smallest absolute Gasteiger partial charge is 0.281 e.